The van der Waals surface area contributed by atoms with Gasteiger partial charge in [0.15, 0.2) is 0 Å². The summed E-state index contributed by atoms with van der Waals surface area (Å²) in [5.74, 6) is -0.234. The molecule has 0 atom stereocenters. The van der Waals surface area contributed by atoms with Crippen molar-refractivity contribution in [3.8, 4) is 0 Å². The Morgan fingerprint density at radius 1 is 0.955 bits per heavy atom. The van der Waals surface area contributed by atoms with Gasteiger partial charge in [-0.3, -0.25) is 4.90 Å². The average Bonchev–Trinajstić information content (AvgIpc) is 2.43. The molecule has 22 heavy (non-hydrogen) atoms. The van der Waals surface area contributed by atoms with E-state index in [-0.39, 0.29) is 5.82 Å². The quantitative estimate of drug-likeness (QED) is 0.734. The van der Waals surface area contributed by atoms with Crippen LogP contribution in [0.5, 0.6) is 0 Å². The van der Waals surface area contributed by atoms with Crippen LogP contribution in [-0.2, 0) is 19.3 Å². The Morgan fingerprint density at radius 3 is 2.18 bits per heavy atom. The lowest BCUT2D eigenvalue weighted by Gasteiger charge is -2.18. The largest absolute Gasteiger partial charge is 0.416 e. The van der Waals surface area contributed by atoms with Crippen molar-refractivity contribution in [1.29, 1.82) is 0 Å². The van der Waals surface area contributed by atoms with Crippen molar-refractivity contribution in [2.24, 2.45) is 0 Å². The molecule has 2 aromatic rings. The van der Waals surface area contributed by atoms with E-state index in [0.29, 0.717) is 24.2 Å². The molecule has 2 rings (SSSR count). The highest BCUT2D eigenvalue weighted by Gasteiger charge is 2.29. The molecule has 1 nitrogen and oxygen atoms in total. The molecule has 0 heterocycles. The van der Waals surface area contributed by atoms with Crippen molar-refractivity contribution in [3.05, 3.63) is 70.5 Å². The van der Waals surface area contributed by atoms with Crippen LogP contribution >= 0.6 is 0 Å². The Labute approximate surface area is 127 Å². The number of aryl methyl sites for hydroxylation is 1. The summed E-state index contributed by atoms with van der Waals surface area (Å²) in [7, 11) is 1.81. The maximum absolute atomic E-state index is 13.9. The average molecular weight is 311 g/mol. The van der Waals surface area contributed by atoms with Crippen LogP contribution in [0, 0.1) is 12.7 Å². The highest BCUT2D eigenvalue weighted by Crippen LogP contribution is 2.29. The van der Waals surface area contributed by atoms with Gasteiger partial charge in [0, 0.05) is 18.7 Å². The zero-order chi connectivity index (χ0) is 16.3. The van der Waals surface area contributed by atoms with Crippen LogP contribution in [0.1, 0.15) is 22.3 Å². The molecule has 0 unspecified atom stereocenters. The van der Waals surface area contributed by atoms with Gasteiger partial charge < -0.3 is 0 Å². The number of hydrogen-bond donors (Lipinski definition) is 0. The predicted octanol–water partition coefficient (Wildman–Crippen LogP) is 4.78. The van der Waals surface area contributed by atoms with Crippen LogP contribution in [0.4, 0.5) is 17.6 Å². The van der Waals surface area contributed by atoms with Gasteiger partial charge in [0.05, 0.1) is 5.56 Å². The van der Waals surface area contributed by atoms with Gasteiger partial charge in [-0.15, -0.1) is 0 Å². The fourth-order valence-electron chi connectivity index (χ4n) is 2.29. The van der Waals surface area contributed by atoms with E-state index in [1.807, 2.05) is 4.90 Å². The standard InChI is InChI=1S/C17H17F4N/c1-12-4-3-5-14(16(12)18)11-22(2)10-13-6-8-15(9-7-13)17(19,20)21/h3-9H,10-11H2,1-2H3. The first kappa shape index (κ1) is 16.5. The first-order chi connectivity index (χ1) is 10.3. The molecular weight excluding hydrogens is 294 g/mol. The van der Waals surface area contributed by atoms with Gasteiger partial charge in [0.25, 0.3) is 0 Å². The summed E-state index contributed by atoms with van der Waals surface area (Å²) in [6.45, 7) is 2.55. The molecule has 0 fully saturated rings. The Hall–Kier alpha value is -1.88. The minimum Gasteiger partial charge on any atom is -0.298 e. The predicted molar refractivity (Wildman–Crippen MR) is 77.8 cm³/mol. The fraction of sp³-hybridized carbons (Fsp3) is 0.294. The SMILES string of the molecule is Cc1cccc(CN(C)Cc2ccc(C(F)(F)F)cc2)c1F. The number of halogens is 4. The number of rotatable bonds is 4. The Kier molecular flexibility index (Phi) is 4.86. The van der Waals surface area contributed by atoms with E-state index in [0.717, 1.165) is 17.7 Å². The summed E-state index contributed by atoms with van der Waals surface area (Å²) < 4.78 is 51.4. The fourth-order valence-corrected chi connectivity index (χ4v) is 2.29. The molecule has 5 heteroatoms. The van der Waals surface area contributed by atoms with Gasteiger partial charge in [-0.2, -0.15) is 13.2 Å². The molecule has 0 saturated carbocycles. The molecule has 0 amide bonds. The second kappa shape index (κ2) is 6.48. The number of hydrogen-bond acceptors (Lipinski definition) is 1. The van der Waals surface area contributed by atoms with Crippen LogP contribution in [-0.4, -0.2) is 11.9 Å². The molecule has 0 radical (unpaired) electrons. The smallest absolute Gasteiger partial charge is 0.298 e. The lowest BCUT2D eigenvalue weighted by Crippen LogP contribution is -2.18. The summed E-state index contributed by atoms with van der Waals surface area (Å²) in [5.41, 5.74) is 1.25. The molecule has 0 aliphatic heterocycles. The second-order valence-corrected chi connectivity index (χ2v) is 5.41. The maximum Gasteiger partial charge on any atom is 0.416 e. The second-order valence-electron chi connectivity index (χ2n) is 5.41. The summed E-state index contributed by atoms with van der Waals surface area (Å²) in [5, 5.41) is 0. The third kappa shape index (κ3) is 4.07. The number of nitrogens with zero attached hydrogens (tertiary/aromatic N) is 1. The van der Waals surface area contributed by atoms with E-state index in [1.54, 1.807) is 32.2 Å². The third-order valence-electron chi connectivity index (χ3n) is 3.45. The van der Waals surface area contributed by atoms with Crippen molar-refractivity contribution < 1.29 is 17.6 Å². The molecular formula is C17H17F4N. The Bertz CT molecular complexity index is 632. The van der Waals surface area contributed by atoms with E-state index in [9.17, 15) is 17.6 Å². The van der Waals surface area contributed by atoms with Gasteiger partial charge in [-0.05, 0) is 37.2 Å². The minimum absolute atomic E-state index is 0.234. The topological polar surface area (TPSA) is 3.24 Å². The van der Waals surface area contributed by atoms with Gasteiger partial charge in [-0.1, -0.05) is 30.3 Å². The molecule has 0 saturated heterocycles. The van der Waals surface area contributed by atoms with E-state index in [2.05, 4.69) is 0 Å². The maximum atomic E-state index is 13.9. The molecule has 2 aromatic carbocycles. The molecule has 0 aliphatic carbocycles. The lowest BCUT2D eigenvalue weighted by molar-refractivity contribution is -0.137. The molecule has 118 valence electrons. The van der Waals surface area contributed by atoms with Crippen LogP contribution in [0.2, 0.25) is 0 Å². The lowest BCUT2D eigenvalue weighted by atomic mass is 10.1. The highest BCUT2D eigenvalue weighted by atomic mass is 19.4. The van der Waals surface area contributed by atoms with Crippen molar-refractivity contribution in [3.63, 3.8) is 0 Å². The van der Waals surface area contributed by atoms with Crippen LogP contribution in [0.25, 0.3) is 0 Å². The van der Waals surface area contributed by atoms with Crippen molar-refractivity contribution in [1.82, 2.24) is 4.90 Å². The van der Waals surface area contributed by atoms with Crippen LogP contribution in [0.3, 0.4) is 0 Å². The van der Waals surface area contributed by atoms with Crippen molar-refractivity contribution in [2.45, 2.75) is 26.2 Å². The van der Waals surface area contributed by atoms with E-state index in [4.69, 9.17) is 0 Å². The summed E-state index contributed by atoms with van der Waals surface area (Å²) in [4.78, 5) is 1.86. The monoisotopic (exact) mass is 311 g/mol. The molecule has 0 spiro atoms. The van der Waals surface area contributed by atoms with Crippen LogP contribution in [0.15, 0.2) is 42.5 Å². The highest BCUT2D eigenvalue weighted by molar-refractivity contribution is 5.26. The van der Waals surface area contributed by atoms with E-state index in [1.165, 1.54) is 12.1 Å². The minimum atomic E-state index is -4.32. The normalized spacial score (nSPS) is 12.0. The summed E-state index contributed by atoms with van der Waals surface area (Å²) in [6, 6.07) is 10.2. The number of benzene rings is 2. The van der Waals surface area contributed by atoms with Gasteiger partial charge >= 0.3 is 6.18 Å². The van der Waals surface area contributed by atoms with Gasteiger partial charge in [0.2, 0.25) is 0 Å². The summed E-state index contributed by atoms with van der Waals surface area (Å²) in [6.07, 6.45) is -4.32. The van der Waals surface area contributed by atoms with Crippen LogP contribution < -0.4 is 0 Å². The van der Waals surface area contributed by atoms with Crippen molar-refractivity contribution in [2.75, 3.05) is 7.05 Å². The molecule has 0 aromatic heterocycles. The van der Waals surface area contributed by atoms with Gasteiger partial charge in [0.1, 0.15) is 5.82 Å². The molecule has 0 bridgehead atoms. The molecule has 0 aliphatic rings. The first-order valence-corrected chi connectivity index (χ1v) is 6.86. The molecule has 0 N–H and O–H groups in total. The first-order valence-electron chi connectivity index (χ1n) is 6.86. The Morgan fingerprint density at radius 2 is 1.59 bits per heavy atom. The zero-order valence-electron chi connectivity index (χ0n) is 12.4. The van der Waals surface area contributed by atoms with E-state index < -0.39 is 11.7 Å². The zero-order valence-corrected chi connectivity index (χ0v) is 12.4. The van der Waals surface area contributed by atoms with E-state index >= 15 is 0 Å². The Balaban J connectivity index is 2.03. The van der Waals surface area contributed by atoms with Crippen molar-refractivity contribution >= 4 is 0 Å². The third-order valence-corrected chi connectivity index (χ3v) is 3.45. The summed E-state index contributed by atoms with van der Waals surface area (Å²) >= 11 is 0. The number of alkyl halides is 3. The van der Waals surface area contributed by atoms with Gasteiger partial charge in [-0.25, -0.2) is 4.39 Å².